The van der Waals surface area contributed by atoms with Crippen molar-refractivity contribution < 1.29 is 4.79 Å². The summed E-state index contributed by atoms with van der Waals surface area (Å²) in [6.07, 6.45) is 0.691. The monoisotopic (exact) mass is 256 g/mol. The number of nitrogens with two attached hydrogens (primary N) is 1. The van der Waals surface area contributed by atoms with Gasteiger partial charge >= 0.3 is 0 Å². The Labute approximate surface area is 113 Å². The summed E-state index contributed by atoms with van der Waals surface area (Å²) < 4.78 is 0. The van der Waals surface area contributed by atoms with Gasteiger partial charge in [-0.05, 0) is 23.8 Å². The van der Waals surface area contributed by atoms with E-state index in [4.69, 9.17) is 5.73 Å². The maximum atomic E-state index is 12.1. The fourth-order valence-electron chi connectivity index (χ4n) is 2.17. The van der Waals surface area contributed by atoms with Crippen LogP contribution in [-0.4, -0.2) is 11.9 Å². The van der Waals surface area contributed by atoms with Crippen LogP contribution in [0.2, 0.25) is 0 Å². The van der Waals surface area contributed by atoms with Crippen LogP contribution in [-0.2, 0) is 4.79 Å². The number of hydrogen-bond acceptors (Lipinski definition) is 2. The van der Waals surface area contributed by atoms with Crippen LogP contribution in [0.1, 0.15) is 20.3 Å². The molecule has 0 unspecified atom stereocenters. The first kappa shape index (κ1) is 13.6. The van der Waals surface area contributed by atoms with E-state index in [0.29, 0.717) is 12.3 Å². The molecular formula is C16H20N2O. The zero-order chi connectivity index (χ0) is 13.8. The van der Waals surface area contributed by atoms with E-state index in [0.717, 1.165) is 16.5 Å². The van der Waals surface area contributed by atoms with Gasteiger partial charge in [-0.1, -0.05) is 50.2 Å². The Bertz CT molecular complexity index is 572. The minimum atomic E-state index is -0.459. The molecule has 2 aromatic carbocycles. The number of carbonyl (C=O) groups excluding carboxylic acids is 1. The van der Waals surface area contributed by atoms with Crippen LogP contribution in [0.5, 0.6) is 0 Å². The molecule has 2 rings (SSSR count). The quantitative estimate of drug-likeness (QED) is 0.883. The summed E-state index contributed by atoms with van der Waals surface area (Å²) in [7, 11) is 0. The summed E-state index contributed by atoms with van der Waals surface area (Å²) in [4.78, 5) is 12.1. The van der Waals surface area contributed by atoms with Crippen LogP contribution in [0.3, 0.4) is 0 Å². The lowest BCUT2D eigenvalue weighted by Gasteiger charge is -2.15. The zero-order valence-corrected chi connectivity index (χ0v) is 11.4. The van der Waals surface area contributed by atoms with E-state index in [1.807, 2.05) is 42.5 Å². The Balaban J connectivity index is 2.19. The van der Waals surface area contributed by atoms with Crippen LogP contribution in [0, 0.1) is 5.92 Å². The Morgan fingerprint density at radius 3 is 2.58 bits per heavy atom. The van der Waals surface area contributed by atoms with Crippen molar-refractivity contribution in [1.82, 2.24) is 0 Å². The first-order chi connectivity index (χ1) is 9.08. The van der Waals surface area contributed by atoms with Gasteiger partial charge in [-0.25, -0.2) is 0 Å². The van der Waals surface area contributed by atoms with Crippen molar-refractivity contribution in [3.8, 4) is 0 Å². The lowest BCUT2D eigenvalue weighted by molar-refractivity contribution is -0.117. The molecule has 0 aromatic heterocycles. The van der Waals surface area contributed by atoms with Gasteiger partial charge in [-0.3, -0.25) is 4.79 Å². The maximum absolute atomic E-state index is 12.1. The smallest absolute Gasteiger partial charge is 0.241 e. The first-order valence-corrected chi connectivity index (χ1v) is 6.62. The number of nitrogens with one attached hydrogen (secondary N) is 1. The molecule has 0 aliphatic carbocycles. The Kier molecular flexibility index (Phi) is 4.17. The highest BCUT2D eigenvalue weighted by atomic mass is 16.2. The third kappa shape index (κ3) is 3.32. The molecule has 0 aliphatic heterocycles. The van der Waals surface area contributed by atoms with E-state index in [2.05, 4.69) is 19.2 Å². The number of fused-ring (bicyclic) bond motifs is 1. The number of rotatable bonds is 4. The molecule has 0 saturated carbocycles. The van der Waals surface area contributed by atoms with E-state index in [1.165, 1.54) is 0 Å². The minimum absolute atomic E-state index is 0.120. The second-order valence-electron chi connectivity index (χ2n) is 5.25. The Morgan fingerprint density at radius 1 is 1.16 bits per heavy atom. The predicted molar refractivity (Wildman–Crippen MR) is 80.0 cm³/mol. The van der Waals surface area contributed by atoms with Gasteiger partial charge in [0.2, 0.25) is 5.91 Å². The number of amides is 1. The summed E-state index contributed by atoms with van der Waals surface area (Å²) in [5.41, 5.74) is 6.72. The van der Waals surface area contributed by atoms with Crippen molar-refractivity contribution in [2.75, 3.05) is 5.32 Å². The van der Waals surface area contributed by atoms with Crippen LogP contribution in [0.4, 0.5) is 5.69 Å². The van der Waals surface area contributed by atoms with E-state index in [-0.39, 0.29) is 5.91 Å². The molecule has 0 heterocycles. The minimum Gasteiger partial charge on any atom is -0.324 e. The zero-order valence-electron chi connectivity index (χ0n) is 11.4. The summed E-state index contributed by atoms with van der Waals surface area (Å²) in [6, 6.07) is 13.4. The maximum Gasteiger partial charge on any atom is 0.241 e. The molecule has 19 heavy (non-hydrogen) atoms. The van der Waals surface area contributed by atoms with Gasteiger partial charge in [0.15, 0.2) is 0 Å². The molecule has 3 nitrogen and oxygen atoms in total. The van der Waals surface area contributed by atoms with Gasteiger partial charge in [0.25, 0.3) is 0 Å². The average Bonchev–Trinajstić information content (AvgIpc) is 2.38. The van der Waals surface area contributed by atoms with E-state index in [1.54, 1.807) is 0 Å². The normalized spacial score (nSPS) is 12.6. The average molecular weight is 256 g/mol. The highest BCUT2D eigenvalue weighted by Gasteiger charge is 2.15. The molecular weight excluding hydrogens is 236 g/mol. The summed E-state index contributed by atoms with van der Waals surface area (Å²) >= 11 is 0. The molecule has 0 radical (unpaired) electrons. The molecule has 3 heteroatoms. The topological polar surface area (TPSA) is 55.1 Å². The highest BCUT2D eigenvalue weighted by Crippen LogP contribution is 2.23. The fourth-order valence-corrected chi connectivity index (χ4v) is 2.17. The van der Waals surface area contributed by atoms with Gasteiger partial charge in [0, 0.05) is 11.1 Å². The summed E-state index contributed by atoms with van der Waals surface area (Å²) in [5, 5.41) is 5.07. The van der Waals surface area contributed by atoms with Crippen molar-refractivity contribution in [3.63, 3.8) is 0 Å². The third-order valence-electron chi connectivity index (χ3n) is 3.11. The van der Waals surface area contributed by atoms with E-state index >= 15 is 0 Å². The molecule has 0 saturated heterocycles. The third-order valence-corrected chi connectivity index (χ3v) is 3.11. The molecule has 100 valence electrons. The molecule has 0 fully saturated rings. The molecule has 1 atom stereocenters. The van der Waals surface area contributed by atoms with Gasteiger partial charge in [-0.2, -0.15) is 0 Å². The molecule has 0 aliphatic rings. The highest BCUT2D eigenvalue weighted by molar-refractivity contribution is 6.03. The van der Waals surface area contributed by atoms with Crippen molar-refractivity contribution in [2.24, 2.45) is 11.7 Å². The van der Waals surface area contributed by atoms with Crippen LogP contribution in [0.15, 0.2) is 42.5 Å². The fraction of sp³-hybridized carbons (Fsp3) is 0.312. The van der Waals surface area contributed by atoms with Crippen LogP contribution < -0.4 is 11.1 Å². The SMILES string of the molecule is CC(C)C[C@H](N)C(=O)Nc1cccc2ccccc12. The van der Waals surface area contributed by atoms with E-state index in [9.17, 15) is 4.79 Å². The van der Waals surface area contributed by atoms with Crippen LogP contribution in [0.25, 0.3) is 10.8 Å². The summed E-state index contributed by atoms with van der Waals surface area (Å²) in [5.74, 6) is 0.290. The number of benzene rings is 2. The number of carbonyl (C=O) groups is 1. The lowest BCUT2D eigenvalue weighted by atomic mass is 10.0. The largest absolute Gasteiger partial charge is 0.324 e. The van der Waals surface area contributed by atoms with E-state index < -0.39 is 6.04 Å². The number of hydrogen-bond donors (Lipinski definition) is 2. The van der Waals surface area contributed by atoms with Gasteiger partial charge < -0.3 is 11.1 Å². The predicted octanol–water partition coefficient (Wildman–Crippen LogP) is 3.15. The first-order valence-electron chi connectivity index (χ1n) is 6.62. The standard InChI is InChI=1S/C16H20N2O/c1-11(2)10-14(17)16(19)18-15-9-5-7-12-6-3-4-8-13(12)15/h3-9,11,14H,10,17H2,1-2H3,(H,18,19)/t14-/m0/s1. The molecule has 1 amide bonds. The van der Waals surface area contributed by atoms with Gasteiger partial charge in [0.05, 0.1) is 6.04 Å². The van der Waals surface area contributed by atoms with Crippen molar-refractivity contribution in [1.29, 1.82) is 0 Å². The molecule has 0 bridgehead atoms. The Morgan fingerprint density at radius 2 is 1.84 bits per heavy atom. The summed E-state index contributed by atoms with van der Waals surface area (Å²) in [6.45, 7) is 4.12. The van der Waals surface area contributed by atoms with Crippen molar-refractivity contribution in [2.45, 2.75) is 26.3 Å². The van der Waals surface area contributed by atoms with Gasteiger partial charge in [-0.15, -0.1) is 0 Å². The van der Waals surface area contributed by atoms with Crippen molar-refractivity contribution >= 4 is 22.4 Å². The number of anilines is 1. The molecule has 3 N–H and O–H groups in total. The lowest BCUT2D eigenvalue weighted by Crippen LogP contribution is -2.36. The second-order valence-corrected chi connectivity index (χ2v) is 5.25. The van der Waals surface area contributed by atoms with Crippen molar-refractivity contribution in [3.05, 3.63) is 42.5 Å². The second kappa shape index (κ2) is 5.85. The van der Waals surface area contributed by atoms with Crippen LogP contribution >= 0.6 is 0 Å². The molecule has 2 aromatic rings. The molecule has 0 spiro atoms. The van der Waals surface area contributed by atoms with Gasteiger partial charge in [0.1, 0.15) is 0 Å². The Hall–Kier alpha value is -1.87.